The molecule has 1 aromatic rings. The van der Waals surface area contributed by atoms with Crippen LogP contribution in [0.15, 0.2) is 12.4 Å². The molecule has 0 aromatic carbocycles. The lowest BCUT2D eigenvalue weighted by atomic mass is 9.83. The maximum atomic E-state index is 12.2. The van der Waals surface area contributed by atoms with Gasteiger partial charge in [0.25, 0.3) is 5.91 Å². The Kier molecular flexibility index (Phi) is 8.12. The summed E-state index contributed by atoms with van der Waals surface area (Å²) in [4.78, 5) is 23.8. The second-order valence-electron chi connectivity index (χ2n) is 8.34. The number of aromatic nitrogens is 2. The molecule has 0 aliphatic carbocycles. The van der Waals surface area contributed by atoms with Crippen molar-refractivity contribution in [2.24, 2.45) is 18.9 Å². The molecule has 2 N–H and O–H groups in total. The number of hydrogen-bond acceptors (Lipinski definition) is 6. The number of fused-ring (bicyclic) bond motifs is 1. The number of aryl methyl sites for hydroxylation is 1. The van der Waals surface area contributed by atoms with E-state index in [0.29, 0.717) is 30.0 Å². The lowest BCUT2D eigenvalue weighted by molar-refractivity contribution is -0.192. The highest BCUT2D eigenvalue weighted by Gasteiger charge is 2.42. The smallest absolute Gasteiger partial charge is 0.475 e. The van der Waals surface area contributed by atoms with Gasteiger partial charge in [-0.25, -0.2) is 4.79 Å². The van der Waals surface area contributed by atoms with Crippen LogP contribution in [0.25, 0.3) is 0 Å². The highest BCUT2D eigenvalue weighted by molar-refractivity contribution is 5.93. The van der Waals surface area contributed by atoms with E-state index in [1.54, 1.807) is 17.1 Å². The van der Waals surface area contributed by atoms with E-state index in [0.717, 1.165) is 39.2 Å². The molecule has 32 heavy (non-hydrogen) atoms. The van der Waals surface area contributed by atoms with Gasteiger partial charge in [0.1, 0.15) is 0 Å². The molecule has 3 aliphatic heterocycles. The third-order valence-electron chi connectivity index (χ3n) is 6.22. The van der Waals surface area contributed by atoms with E-state index in [1.807, 2.05) is 7.05 Å². The van der Waals surface area contributed by atoms with Crippen LogP contribution in [0.2, 0.25) is 0 Å². The first-order valence-corrected chi connectivity index (χ1v) is 10.7. The predicted molar refractivity (Wildman–Crippen MR) is 106 cm³/mol. The SMILES string of the molecule is Cn1cc(C(=O)NC[C@H]2OC[C@@H]3CCN(C4CCOCC4)C[C@@H]32)cn1.O=C(O)C(F)(F)F. The zero-order chi connectivity index (χ0) is 23.3. The van der Waals surface area contributed by atoms with Crippen LogP contribution in [0.5, 0.6) is 0 Å². The molecule has 1 amide bonds. The fourth-order valence-electron chi connectivity index (χ4n) is 4.48. The van der Waals surface area contributed by atoms with Gasteiger partial charge in [-0.15, -0.1) is 0 Å². The second-order valence-corrected chi connectivity index (χ2v) is 8.34. The number of carbonyl (C=O) groups is 2. The molecular formula is C20H29F3N4O5. The molecule has 0 bridgehead atoms. The van der Waals surface area contributed by atoms with Crippen molar-refractivity contribution in [2.45, 2.75) is 37.6 Å². The first kappa shape index (κ1) is 24.5. The number of rotatable bonds is 4. The molecule has 180 valence electrons. The zero-order valence-electron chi connectivity index (χ0n) is 17.9. The molecular weight excluding hydrogens is 433 g/mol. The van der Waals surface area contributed by atoms with Gasteiger partial charge in [-0.3, -0.25) is 14.4 Å². The minimum atomic E-state index is -5.08. The van der Waals surface area contributed by atoms with Crippen molar-refractivity contribution < 1.29 is 37.3 Å². The summed E-state index contributed by atoms with van der Waals surface area (Å²) in [6, 6.07) is 0.654. The summed E-state index contributed by atoms with van der Waals surface area (Å²) in [5, 5.41) is 14.2. The van der Waals surface area contributed by atoms with Crippen molar-refractivity contribution in [3.8, 4) is 0 Å². The molecule has 3 fully saturated rings. The summed E-state index contributed by atoms with van der Waals surface area (Å²) in [5.41, 5.74) is 0.601. The molecule has 1 aromatic heterocycles. The highest BCUT2D eigenvalue weighted by atomic mass is 19.4. The molecule has 3 aliphatic rings. The van der Waals surface area contributed by atoms with Crippen molar-refractivity contribution in [2.75, 3.05) is 39.5 Å². The normalized spacial score (nSPS) is 26.7. The lowest BCUT2D eigenvalue weighted by Crippen LogP contribution is -2.50. The number of carboxylic acid groups (broad SMARTS) is 1. The summed E-state index contributed by atoms with van der Waals surface area (Å²) in [5.74, 6) is -1.67. The third kappa shape index (κ3) is 6.42. The van der Waals surface area contributed by atoms with Crippen molar-refractivity contribution in [3.63, 3.8) is 0 Å². The molecule has 3 saturated heterocycles. The van der Waals surface area contributed by atoms with Crippen molar-refractivity contribution in [3.05, 3.63) is 18.0 Å². The first-order chi connectivity index (χ1) is 15.1. The Balaban J connectivity index is 0.000000360. The van der Waals surface area contributed by atoms with Crippen LogP contribution in [-0.4, -0.2) is 89.4 Å². The fraction of sp³-hybridized carbons (Fsp3) is 0.750. The molecule has 0 unspecified atom stereocenters. The molecule has 0 saturated carbocycles. The standard InChI is InChI=1S/C18H28N4O3.C2HF3O2/c1-21-10-14(8-20-21)18(23)19-9-17-16-11-22(5-2-13(16)12-25-17)15-3-6-24-7-4-15;3-2(4,5)1(6)7/h8,10,13,15-17H,2-7,9,11-12H2,1H3,(H,19,23);(H,6,7)/t13-,16-,17+;/m0./s1. The summed E-state index contributed by atoms with van der Waals surface area (Å²) < 4.78 is 44.9. The number of alkyl halides is 3. The third-order valence-corrected chi connectivity index (χ3v) is 6.22. The Morgan fingerprint density at radius 3 is 2.56 bits per heavy atom. The number of piperidine rings is 1. The Morgan fingerprint density at radius 2 is 1.97 bits per heavy atom. The number of hydrogen-bond donors (Lipinski definition) is 2. The molecule has 4 heterocycles. The first-order valence-electron chi connectivity index (χ1n) is 10.7. The number of halogens is 3. The van der Waals surface area contributed by atoms with Crippen LogP contribution in [0.4, 0.5) is 13.2 Å². The number of likely N-dealkylation sites (tertiary alicyclic amines) is 1. The number of nitrogens with one attached hydrogen (secondary N) is 1. The summed E-state index contributed by atoms with van der Waals surface area (Å²) in [7, 11) is 1.81. The van der Waals surface area contributed by atoms with Gasteiger partial charge < -0.3 is 19.9 Å². The van der Waals surface area contributed by atoms with Gasteiger partial charge in [-0.2, -0.15) is 18.3 Å². The average molecular weight is 462 g/mol. The van der Waals surface area contributed by atoms with E-state index in [2.05, 4.69) is 15.3 Å². The summed E-state index contributed by atoms with van der Waals surface area (Å²) in [6.45, 7) is 5.44. The molecule has 3 atom stereocenters. The number of carbonyl (C=O) groups excluding carboxylic acids is 1. The monoisotopic (exact) mass is 462 g/mol. The van der Waals surface area contributed by atoms with Gasteiger partial charge in [0.2, 0.25) is 0 Å². The minimum Gasteiger partial charge on any atom is -0.475 e. The van der Waals surface area contributed by atoms with E-state index < -0.39 is 12.1 Å². The Morgan fingerprint density at radius 1 is 1.28 bits per heavy atom. The number of ether oxygens (including phenoxy) is 2. The fourth-order valence-corrected chi connectivity index (χ4v) is 4.48. The van der Waals surface area contributed by atoms with Crippen LogP contribution in [-0.2, 0) is 21.3 Å². The zero-order valence-corrected chi connectivity index (χ0v) is 17.9. The quantitative estimate of drug-likeness (QED) is 0.695. The van der Waals surface area contributed by atoms with E-state index >= 15 is 0 Å². The Hall–Kier alpha value is -2.18. The van der Waals surface area contributed by atoms with Gasteiger partial charge in [-0.1, -0.05) is 0 Å². The average Bonchev–Trinajstić information content (AvgIpc) is 3.38. The van der Waals surface area contributed by atoms with E-state index in [4.69, 9.17) is 19.4 Å². The van der Waals surface area contributed by atoms with Crippen LogP contribution in [0, 0.1) is 11.8 Å². The molecule has 9 nitrogen and oxygen atoms in total. The van der Waals surface area contributed by atoms with Gasteiger partial charge in [0.15, 0.2) is 0 Å². The topological polar surface area (TPSA) is 106 Å². The largest absolute Gasteiger partial charge is 0.490 e. The number of carboxylic acids is 1. The lowest BCUT2D eigenvalue weighted by Gasteiger charge is -2.41. The summed E-state index contributed by atoms with van der Waals surface area (Å²) in [6.07, 6.45) is 1.85. The number of amides is 1. The van der Waals surface area contributed by atoms with Gasteiger partial charge in [-0.05, 0) is 31.7 Å². The van der Waals surface area contributed by atoms with Crippen molar-refractivity contribution in [1.29, 1.82) is 0 Å². The maximum absolute atomic E-state index is 12.2. The number of aliphatic carboxylic acids is 1. The molecule has 4 rings (SSSR count). The van der Waals surface area contributed by atoms with Crippen LogP contribution >= 0.6 is 0 Å². The predicted octanol–water partition coefficient (Wildman–Crippen LogP) is 1.30. The van der Waals surface area contributed by atoms with Gasteiger partial charge in [0.05, 0.1) is 24.5 Å². The second kappa shape index (κ2) is 10.6. The minimum absolute atomic E-state index is 0.0720. The van der Waals surface area contributed by atoms with Crippen LogP contribution in [0.3, 0.4) is 0 Å². The van der Waals surface area contributed by atoms with E-state index in [1.165, 1.54) is 13.0 Å². The van der Waals surface area contributed by atoms with Gasteiger partial charge >= 0.3 is 12.1 Å². The Bertz CT molecular complexity index is 782. The highest BCUT2D eigenvalue weighted by Crippen LogP contribution is 2.35. The van der Waals surface area contributed by atoms with Crippen LogP contribution in [0.1, 0.15) is 29.6 Å². The Labute approximate surface area is 183 Å². The van der Waals surface area contributed by atoms with E-state index in [9.17, 15) is 18.0 Å². The molecule has 0 spiro atoms. The molecule has 0 radical (unpaired) electrons. The van der Waals surface area contributed by atoms with Crippen molar-refractivity contribution in [1.82, 2.24) is 20.0 Å². The molecule has 12 heteroatoms. The van der Waals surface area contributed by atoms with Crippen molar-refractivity contribution >= 4 is 11.9 Å². The number of nitrogens with zero attached hydrogens (tertiary/aromatic N) is 3. The van der Waals surface area contributed by atoms with E-state index in [-0.39, 0.29) is 12.0 Å². The maximum Gasteiger partial charge on any atom is 0.490 e. The summed E-state index contributed by atoms with van der Waals surface area (Å²) >= 11 is 0. The van der Waals surface area contributed by atoms with Gasteiger partial charge in [0, 0.05) is 51.5 Å². The van der Waals surface area contributed by atoms with Crippen LogP contribution < -0.4 is 5.32 Å².